The normalized spacial score (nSPS) is 14.1. The molecule has 0 rings (SSSR count). The molecule has 0 spiro atoms. The van der Waals surface area contributed by atoms with Gasteiger partial charge in [0.05, 0.1) is 19.1 Å². The molecule has 0 heterocycles. The van der Waals surface area contributed by atoms with Gasteiger partial charge in [-0.3, -0.25) is 19.2 Å². The predicted molar refractivity (Wildman–Crippen MR) is 78.8 cm³/mol. The van der Waals surface area contributed by atoms with Gasteiger partial charge in [0.15, 0.2) is 0 Å². The van der Waals surface area contributed by atoms with E-state index in [1.54, 1.807) is 0 Å². The topological polar surface area (TPSA) is 228 Å². The molecular weight excluding hydrogens is 326 g/mol. The smallest absolute Gasteiger partial charge is 0.328 e. The molecule has 0 bridgehead atoms. The van der Waals surface area contributed by atoms with Crippen LogP contribution in [-0.2, 0) is 24.0 Å². The first-order valence-electron chi connectivity index (χ1n) is 6.85. The van der Waals surface area contributed by atoms with E-state index in [2.05, 4.69) is 5.32 Å². The fourth-order valence-electron chi connectivity index (χ4n) is 1.60. The molecule has 0 saturated carbocycles. The van der Waals surface area contributed by atoms with Crippen molar-refractivity contribution < 1.29 is 34.2 Å². The number of hydrogen-bond acceptors (Lipinski definition) is 7. The summed E-state index contributed by atoms with van der Waals surface area (Å²) in [6.45, 7) is -0.876. The number of carboxylic acid groups (broad SMARTS) is 1. The third kappa shape index (κ3) is 8.05. The van der Waals surface area contributed by atoms with Crippen LogP contribution >= 0.6 is 0 Å². The number of primary amides is 2. The first-order chi connectivity index (χ1) is 11.1. The third-order valence-electron chi connectivity index (χ3n) is 2.87. The van der Waals surface area contributed by atoms with Crippen molar-refractivity contribution in [2.24, 2.45) is 17.2 Å². The van der Waals surface area contributed by atoms with Gasteiger partial charge < -0.3 is 38.0 Å². The highest BCUT2D eigenvalue weighted by Crippen LogP contribution is 2.00. The zero-order valence-electron chi connectivity index (χ0n) is 12.7. The van der Waals surface area contributed by atoms with Crippen molar-refractivity contribution in [2.45, 2.75) is 37.4 Å². The van der Waals surface area contributed by atoms with Crippen molar-refractivity contribution >= 4 is 29.6 Å². The first-order valence-corrected chi connectivity index (χ1v) is 6.85. The molecule has 3 unspecified atom stereocenters. The molecule has 0 saturated heterocycles. The molecular formula is C12H21N5O7. The lowest BCUT2D eigenvalue weighted by Crippen LogP contribution is -2.55. The zero-order valence-corrected chi connectivity index (χ0v) is 12.7. The summed E-state index contributed by atoms with van der Waals surface area (Å²) in [6.07, 6.45) is -0.974. The standard InChI is InChI=1S/C12H21N5O7/c13-5(3-9(15)20)10(21)16-6(1-2-8(14)19)11(22)17-7(4-18)12(23)24/h5-7,18H,1-4,13H2,(H2,14,19)(H2,15,20)(H,16,21)(H,17,22)(H,23,24). The van der Waals surface area contributed by atoms with Crippen molar-refractivity contribution in [2.75, 3.05) is 6.61 Å². The summed E-state index contributed by atoms with van der Waals surface area (Å²) in [7, 11) is 0. The van der Waals surface area contributed by atoms with E-state index >= 15 is 0 Å². The van der Waals surface area contributed by atoms with E-state index in [0.717, 1.165) is 0 Å². The van der Waals surface area contributed by atoms with E-state index < -0.39 is 60.8 Å². The molecule has 0 aliphatic rings. The van der Waals surface area contributed by atoms with Crippen LogP contribution in [0.25, 0.3) is 0 Å². The Morgan fingerprint density at radius 2 is 1.46 bits per heavy atom. The highest BCUT2D eigenvalue weighted by atomic mass is 16.4. The van der Waals surface area contributed by atoms with Gasteiger partial charge in [-0.15, -0.1) is 0 Å². The molecule has 24 heavy (non-hydrogen) atoms. The van der Waals surface area contributed by atoms with Crippen LogP contribution in [0.3, 0.4) is 0 Å². The lowest BCUT2D eigenvalue weighted by atomic mass is 10.1. The van der Waals surface area contributed by atoms with E-state index in [4.69, 9.17) is 27.4 Å². The molecule has 3 atom stereocenters. The number of amides is 4. The summed E-state index contributed by atoms with van der Waals surface area (Å²) in [5, 5.41) is 21.8. The summed E-state index contributed by atoms with van der Waals surface area (Å²) in [5.41, 5.74) is 15.3. The van der Waals surface area contributed by atoms with E-state index in [1.807, 2.05) is 5.32 Å². The summed E-state index contributed by atoms with van der Waals surface area (Å²) < 4.78 is 0. The van der Waals surface area contributed by atoms with Gasteiger partial charge in [0.25, 0.3) is 0 Å². The van der Waals surface area contributed by atoms with E-state index in [9.17, 15) is 24.0 Å². The Balaban J connectivity index is 4.98. The van der Waals surface area contributed by atoms with Crippen molar-refractivity contribution in [3.8, 4) is 0 Å². The molecule has 12 heteroatoms. The molecule has 136 valence electrons. The monoisotopic (exact) mass is 347 g/mol. The summed E-state index contributed by atoms with van der Waals surface area (Å²) in [4.78, 5) is 56.2. The largest absolute Gasteiger partial charge is 0.480 e. The average Bonchev–Trinajstić information content (AvgIpc) is 2.46. The predicted octanol–water partition coefficient (Wildman–Crippen LogP) is -4.50. The number of aliphatic carboxylic acids is 1. The lowest BCUT2D eigenvalue weighted by Gasteiger charge is -2.21. The number of aliphatic hydroxyl groups is 1. The van der Waals surface area contributed by atoms with Gasteiger partial charge >= 0.3 is 5.97 Å². The molecule has 0 fully saturated rings. The van der Waals surface area contributed by atoms with Crippen LogP contribution in [0.2, 0.25) is 0 Å². The molecule has 0 aromatic carbocycles. The zero-order chi connectivity index (χ0) is 18.9. The quantitative estimate of drug-likeness (QED) is 0.192. The second-order valence-corrected chi connectivity index (χ2v) is 4.93. The summed E-state index contributed by atoms with van der Waals surface area (Å²) in [6, 6.07) is -4.25. The van der Waals surface area contributed by atoms with Gasteiger partial charge in [0.2, 0.25) is 23.6 Å². The Labute approximate surface area is 136 Å². The van der Waals surface area contributed by atoms with Crippen molar-refractivity contribution in [3.05, 3.63) is 0 Å². The number of nitrogens with one attached hydrogen (secondary N) is 2. The fraction of sp³-hybridized carbons (Fsp3) is 0.583. The SMILES string of the molecule is NC(=O)CCC(NC(=O)C(N)CC(N)=O)C(=O)NC(CO)C(=O)O. The Hall–Kier alpha value is -2.73. The third-order valence-corrected chi connectivity index (χ3v) is 2.87. The van der Waals surface area contributed by atoms with Crippen LogP contribution in [0, 0.1) is 0 Å². The number of rotatable bonds is 11. The molecule has 0 aliphatic carbocycles. The number of carbonyl (C=O) groups is 5. The Morgan fingerprint density at radius 3 is 1.88 bits per heavy atom. The van der Waals surface area contributed by atoms with Crippen LogP contribution in [0.4, 0.5) is 0 Å². The first kappa shape index (κ1) is 21.3. The van der Waals surface area contributed by atoms with Crippen molar-refractivity contribution in [3.63, 3.8) is 0 Å². The molecule has 0 radical (unpaired) electrons. The highest BCUT2D eigenvalue weighted by Gasteiger charge is 2.28. The maximum Gasteiger partial charge on any atom is 0.328 e. The Morgan fingerprint density at radius 1 is 0.917 bits per heavy atom. The molecule has 4 amide bonds. The maximum absolute atomic E-state index is 12.0. The van der Waals surface area contributed by atoms with Crippen LogP contribution in [0.15, 0.2) is 0 Å². The lowest BCUT2D eigenvalue weighted by molar-refractivity contribution is -0.143. The van der Waals surface area contributed by atoms with Gasteiger partial charge in [-0.05, 0) is 6.42 Å². The van der Waals surface area contributed by atoms with Crippen LogP contribution in [0.1, 0.15) is 19.3 Å². The maximum atomic E-state index is 12.0. The van der Waals surface area contributed by atoms with Crippen LogP contribution in [0.5, 0.6) is 0 Å². The fourth-order valence-corrected chi connectivity index (χ4v) is 1.60. The Bertz CT molecular complexity index is 510. The minimum absolute atomic E-state index is 0.228. The second kappa shape index (κ2) is 10.1. The van der Waals surface area contributed by atoms with Gasteiger partial charge in [-0.25, -0.2) is 4.79 Å². The number of carboxylic acids is 1. The van der Waals surface area contributed by atoms with Gasteiger partial charge in [0.1, 0.15) is 12.1 Å². The van der Waals surface area contributed by atoms with Crippen LogP contribution in [-0.4, -0.2) is 64.5 Å². The second-order valence-electron chi connectivity index (χ2n) is 4.93. The van der Waals surface area contributed by atoms with Gasteiger partial charge in [-0.2, -0.15) is 0 Å². The number of nitrogens with two attached hydrogens (primary N) is 3. The number of hydrogen-bond donors (Lipinski definition) is 7. The van der Waals surface area contributed by atoms with Gasteiger partial charge in [-0.1, -0.05) is 0 Å². The van der Waals surface area contributed by atoms with E-state index in [0.29, 0.717) is 0 Å². The number of carbonyl (C=O) groups excluding carboxylic acids is 4. The summed E-state index contributed by atoms with van der Waals surface area (Å²) >= 11 is 0. The molecule has 0 aromatic heterocycles. The molecule has 10 N–H and O–H groups in total. The molecule has 12 nitrogen and oxygen atoms in total. The molecule has 0 aliphatic heterocycles. The minimum Gasteiger partial charge on any atom is -0.480 e. The van der Waals surface area contributed by atoms with Crippen molar-refractivity contribution in [1.82, 2.24) is 10.6 Å². The number of aliphatic hydroxyl groups excluding tert-OH is 1. The minimum atomic E-state index is -1.59. The average molecular weight is 347 g/mol. The van der Waals surface area contributed by atoms with Crippen molar-refractivity contribution in [1.29, 1.82) is 0 Å². The van der Waals surface area contributed by atoms with E-state index in [1.165, 1.54) is 0 Å². The Kier molecular flexibility index (Phi) is 8.97. The van der Waals surface area contributed by atoms with E-state index in [-0.39, 0.29) is 12.8 Å². The summed E-state index contributed by atoms with van der Waals surface area (Å²) in [5.74, 6) is -4.93. The molecule has 0 aromatic rings. The highest BCUT2D eigenvalue weighted by molar-refractivity contribution is 5.93. The van der Waals surface area contributed by atoms with Crippen LogP contribution < -0.4 is 27.8 Å². The van der Waals surface area contributed by atoms with Gasteiger partial charge in [0, 0.05) is 6.42 Å².